The Bertz CT molecular complexity index is 1180. The number of nitrogens with zero attached hydrogens (tertiary/aromatic N) is 2. The average Bonchev–Trinajstić information content (AvgIpc) is 3.29. The first-order valence-corrected chi connectivity index (χ1v) is 9.49. The number of hydrogen-bond acceptors (Lipinski definition) is 3. The van der Waals surface area contributed by atoms with Crippen LogP contribution < -0.4 is 10.6 Å². The van der Waals surface area contributed by atoms with E-state index in [1.54, 1.807) is 47.3 Å². The van der Waals surface area contributed by atoms with Crippen LogP contribution in [0.5, 0.6) is 0 Å². The van der Waals surface area contributed by atoms with E-state index >= 15 is 0 Å². The van der Waals surface area contributed by atoms with Crippen molar-refractivity contribution in [2.75, 3.05) is 10.6 Å². The third-order valence-corrected chi connectivity index (χ3v) is 4.59. The highest BCUT2D eigenvalue weighted by atomic mass is 16.2. The lowest BCUT2D eigenvalue weighted by molar-refractivity contribution is 0.102. The zero-order valence-corrected chi connectivity index (χ0v) is 16.4. The third kappa shape index (κ3) is 4.28. The van der Waals surface area contributed by atoms with Gasteiger partial charge in [-0.25, -0.2) is 4.68 Å². The number of amides is 2. The predicted octanol–water partition coefficient (Wildman–Crippen LogP) is 4.69. The van der Waals surface area contributed by atoms with Crippen molar-refractivity contribution in [3.63, 3.8) is 0 Å². The van der Waals surface area contributed by atoms with Gasteiger partial charge in [-0.05, 0) is 67.1 Å². The topological polar surface area (TPSA) is 76.0 Å². The molecular weight excluding hydrogens is 376 g/mol. The van der Waals surface area contributed by atoms with E-state index in [2.05, 4.69) is 15.7 Å². The first-order valence-electron chi connectivity index (χ1n) is 9.49. The highest BCUT2D eigenvalue weighted by Gasteiger charge is 2.14. The maximum absolute atomic E-state index is 12.8. The summed E-state index contributed by atoms with van der Waals surface area (Å²) >= 11 is 0. The van der Waals surface area contributed by atoms with Crippen molar-refractivity contribution in [3.05, 3.63) is 108 Å². The highest BCUT2D eigenvalue weighted by Crippen LogP contribution is 2.19. The molecule has 0 aliphatic carbocycles. The Labute approximate surface area is 174 Å². The van der Waals surface area contributed by atoms with Gasteiger partial charge in [0.25, 0.3) is 11.8 Å². The Morgan fingerprint density at radius 2 is 1.63 bits per heavy atom. The molecule has 4 rings (SSSR count). The molecule has 3 aromatic carbocycles. The summed E-state index contributed by atoms with van der Waals surface area (Å²) in [5.74, 6) is -0.580. The summed E-state index contributed by atoms with van der Waals surface area (Å²) in [7, 11) is 0. The van der Waals surface area contributed by atoms with Crippen molar-refractivity contribution in [2.45, 2.75) is 6.92 Å². The zero-order chi connectivity index (χ0) is 20.9. The fraction of sp³-hybridized carbons (Fsp3) is 0.0417. The van der Waals surface area contributed by atoms with Gasteiger partial charge in [0.15, 0.2) is 0 Å². The molecule has 0 saturated carbocycles. The highest BCUT2D eigenvalue weighted by molar-refractivity contribution is 6.12. The smallest absolute Gasteiger partial charge is 0.257 e. The summed E-state index contributed by atoms with van der Waals surface area (Å²) in [6.45, 7) is 1.96. The maximum atomic E-state index is 12.8. The van der Waals surface area contributed by atoms with Gasteiger partial charge >= 0.3 is 0 Å². The maximum Gasteiger partial charge on any atom is 0.257 e. The van der Waals surface area contributed by atoms with Gasteiger partial charge in [0.2, 0.25) is 0 Å². The molecule has 0 aliphatic rings. The summed E-state index contributed by atoms with van der Waals surface area (Å²) in [4.78, 5) is 25.5. The van der Waals surface area contributed by atoms with Crippen molar-refractivity contribution in [1.29, 1.82) is 0 Å². The number of carbonyl (C=O) groups is 2. The number of nitrogens with one attached hydrogen (secondary N) is 2. The molecule has 1 heterocycles. The predicted molar refractivity (Wildman–Crippen MR) is 117 cm³/mol. The van der Waals surface area contributed by atoms with Crippen LogP contribution in [-0.2, 0) is 0 Å². The minimum Gasteiger partial charge on any atom is -0.322 e. The Hall–Kier alpha value is -4.19. The van der Waals surface area contributed by atoms with E-state index < -0.39 is 0 Å². The van der Waals surface area contributed by atoms with Crippen molar-refractivity contribution in [2.24, 2.45) is 0 Å². The Morgan fingerprint density at radius 1 is 0.833 bits per heavy atom. The molecule has 6 heteroatoms. The van der Waals surface area contributed by atoms with Crippen LogP contribution in [0.4, 0.5) is 11.4 Å². The molecule has 2 amide bonds. The van der Waals surface area contributed by atoms with Crippen LogP contribution in [0, 0.1) is 6.92 Å². The minimum absolute atomic E-state index is 0.287. The van der Waals surface area contributed by atoms with Gasteiger partial charge in [0, 0.05) is 23.6 Å². The molecule has 2 N–H and O–H groups in total. The zero-order valence-electron chi connectivity index (χ0n) is 16.4. The first-order chi connectivity index (χ1) is 14.6. The minimum atomic E-state index is -0.294. The van der Waals surface area contributed by atoms with Crippen LogP contribution in [0.25, 0.3) is 5.69 Å². The van der Waals surface area contributed by atoms with Crippen molar-refractivity contribution in [3.8, 4) is 5.69 Å². The van der Waals surface area contributed by atoms with Crippen LogP contribution in [0.1, 0.15) is 26.3 Å². The summed E-state index contributed by atoms with van der Waals surface area (Å²) in [6.07, 6.45) is 3.53. The molecule has 6 nitrogen and oxygen atoms in total. The lowest BCUT2D eigenvalue weighted by Crippen LogP contribution is -2.18. The monoisotopic (exact) mass is 396 g/mol. The summed E-state index contributed by atoms with van der Waals surface area (Å²) in [5, 5.41) is 9.88. The molecular formula is C24H20N4O2. The number of hydrogen-bond donors (Lipinski definition) is 2. The SMILES string of the molecule is Cc1cccc(NC(=O)c2ccccc2NC(=O)c2ccc(-n3cccn3)cc2)c1. The van der Waals surface area contributed by atoms with Gasteiger partial charge in [-0.3, -0.25) is 9.59 Å². The van der Waals surface area contributed by atoms with Gasteiger partial charge in [-0.1, -0.05) is 24.3 Å². The van der Waals surface area contributed by atoms with Crippen LogP contribution in [-0.4, -0.2) is 21.6 Å². The van der Waals surface area contributed by atoms with E-state index in [1.165, 1.54) is 0 Å². The van der Waals surface area contributed by atoms with Gasteiger partial charge in [0.1, 0.15) is 0 Å². The lowest BCUT2D eigenvalue weighted by atomic mass is 10.1. The standard InChI is InChI=1S/C24H20N4O2/c1-17-6-4-7-19(16-17)26-24(30)21-8-2-3-9-22(21)27-23(29)18-10-12-20(13-11-18)28-15-5-14-25-28/h2-16H,1H3,(H,26,30)(H,27,29). The molecule has 4 aromatic rings. The molecule has 0 unspecified atom stereocenters. The molecule has 1 aromatic heterocycles. The Kier molecular flexibility index (Phi) is 5.39. The van der Waals surface area contributed by atoms with E-state index in [4.69, 9.17) is 0 Å². The van der Waals surface area contributed by atoms with Crippen molar-refractivity contribution >= 4 is 23.2 Å². The second kappa shape index (κ2) is 8.45. The average molecular weight is 396 g/mol. The number of carbonyl (C=O) groups excluding carboxylic acids is 2. The van der Waals surface area contributed by atoms with Gasteiger partial charge in [-0.15, -0.1) is 0 Å². The molecule has 0 aliphatic heterocycles. The molecule has 30 heavy (non-hydrogen) atoms. The van der Waals surface area contributed by atoms with E-state index in [0.717, 1.165) is 11.3 Å². The Morgan fingerprint density at radius 3 is 2.37 bits per heavy atom. The van der Waals surface area contributed by atoms with Crippen LogP contribution >= 0.6 is 0 Å². The molecule has 148 valence electrons. The molecule has 0 spiro atoms. The number of anilines is 2. The number of aromatic nitrogens is 2. The molecule has 0 atom stereocenters. The summed E-state index contributed by atoms with van der Waals surface area (Å²) in [5.41, 5.74) is 3.93. The fourth-order valence-corrected chi connectivity index (χ4v) is 3.09. The lowest BCUT2D eigenvalue weighted by Gasteiger charge is -2.12. The normalized spacial score (nSPS) is 10.4. The van der Waals surface area contributed by atoms with Crippen molar-refractivity contribution in [1.82, 2.24) is 9.78 Å². The molecule has 0 fully saturated rings. The van der Waals surface area contributed by atoms with Gasteiger partial charge in [0.05, 0.1) is 16.9 Å². The third-order valence-electron chi connectivity index (χ3n) is 4.59. The van der Waals surface area contributed by atoms with Gasteiger partial charge in [-0.2, -0.15) is 5.10 Å². The van der Waals surface area contributed by atoms with Crippen LogP contribution in [0.3, 0.4) is 0 Å². The van der Waals surface area contributed by atoms with E-state index in [0.29, 0.717) is 22.5 Å². The first kappa shape index (κ1) is 19.1. The van der Waals surface area contributed by atoms with Crippen LogP contribution in [0.2, 0.25) is 0 Å². The number of rotatable bonds is 5. The molecule has 0 radical (unpaired) electrons. The molecule has 0 bridgehead atoms. The number of aryl methyl sites for hydroxylation is 1. The summed E-state index contributed by atoms with van der Waals surface area (Å²) < 4.78 is 1.71. The fourth-order valence-electron chi connectivity index (χ4n) is 3.09. The van der Waals surface area contributed by atoms with E-state index in [-0.39, 0.29) is 11.8 Å². The van der Waals surface area contributed by atoms with Gasteiger partial charge < -0.3 is 10.6 Å². The molecule has 0 saturated heterocycles. The second-order valence-corrected chi connectivity index (χ2v) is 6.82. The largest absolute Gasteiger partial charge is 0.322 e. The second-order valence-electron chi connectivity index (χ2n) is 6.82. The quantitative estimate of drug-likeness (QED) is 0.514. The summed E-state index contributed by atoms with van der Waals surface area (Å²) in [6, 6.07) is 23.4. The van der Waals surface area contributed by atoms with Crippen molar-refractivity contribution < 1.29 is 9.59 Å². The van der Waals surface area contributed by atoms with E-state index in [9.17, 15) is 9.59 Å². The number of para-hydroxylation sites is 1. The van der Waals surface area contributed by atoms with E-state index in [1.807, 2.05) is 55.6 Å². The number of benzene rings is 3. The van der Waals surface area contributed by atoms with Crippen LogP contribution in [0.15, 0.2) is 91.3 Å². The Balaban J connectivity index is 1.51.